The first-order chi connectivity index (χ1) is 14.3. The third-order valence-electron chi connectivity index (χ3n) is 7.99. The molecule has 0 saturated carbocycles. The molecule has 33 heavy (non-hydrogen) atoms. The van der Waals surface area contributed by atoms with Crippen molar-refractivity contribution in [2.45, 2.75) is 47.5 Å². The van der Waals surface area contributed by atoms with Crippen LogP contribution in [0, 0.1) is 17.6 Å². The molecule has 0 aliphatic heterocycles. The van der Waals surface area contributed by atoms with Crippen molar-refractivity contribution in [1.29, 1.82) is 0 Å². The van der Waals surface area contributed by atoms with Crippen LogP contribution in [0.3, 0.4) is 0 Å². The fraction of sp³-hybridized carbons (Fsp3) is 0.333. The first-order valence-corrected chi connectivity index (χ1v) is 24.6. The Balaban J connectivity index is 0.00000193. The van der Waals surface area contributed by atoms with Gasteiger partial charge < -0.3 is 0 Å². The third-order valence-corrected chi connectivity index (χ3v) is 25.3. The summed E-state index contributed by atoms with van der Waals surface area (Å²) in [6, 6.07) is 12.7. The maximum atomic E-state index is 15.5. The van der Waals surface area contributed by atoms with Crippen molar-refractivity contribution in [2.75, 3.05) is 0 Å². The van der Waals surface area contributed by atoms with Crippen LogP contribution < -0.4 is 0 Å². The van der Waals surface area contributed by atoms with Crippen molar-refractivity contribution in [3.05, 3.63) is 96.4 Å². The van der Waals surface area contributed by atoms with Gasteiger partial charge in [-0.05, 0) is 0 Å². The largest absolute Gasteiger partial charge is 0.147 e. The Morgan fingerprint density at radius 1 is 0.848 bits per heavy atom. The summed E-state index contributed by atoms with van der Waals surface area (Å²) >= 11 is -3.78. The zero-order valence-corrected chi connectivity index (χ0v) is 26.0. The molecule has 2 aliphatic rings. The van der Waals surface area contributed by atoms with E-state index in [-0.39, 0.29) is 28.4 Å². The summed E-state index contributed by atoms with van der Waals surface area (Å²) in [6.07, 6.45) is 0. The van der Waals surface area contributed by atoms with E-state index in [0.717, 1.165) is 28.3 Å². The van der Waals surface area contributed by atoms with Crippen molar-refractivity contribution in [3.63, 3.8) is 0 Å². The minimum absolute atomic E-state index is 0. The average Bonchev–Trinajstić information content (AvgIpc) is 3.09. The zero-order valence-electron chi connectivity index (χ0n) is 20.5. The van der Waals surface area contributed by atoms with Gasteiger partial charge in [0.25, 0.3) is 0 Å². The first-order valence-electron chi connectivity index (χ1n) is 11.1. The van der Waals surface area contributed by atoms with Gasteiger partial charge in [0, 0.05) is 0 Å². The molecular weight excluding hydrogens is 553 g/mol. The average molecular weight is 587 g/mol. The molecule has 2 unspecified atom stereocenters. The fourth-order valence-electron chi connectivity index (χ4n) is 6.65. The molecule has 2 aromatic carbocycles. The summed E-state index contributed by atoms with van der Waals surface area (Å²) in [6.45, 7) is 13.3. The molecule has 0 fully saturated rings. The van der Waals surface area contributed by atoms with E-state index in [1.54, 1.807) is 9.35 Å². The molecule has 0 bridgehead atoms. The molecule has 0 amide bonds. The van der Waals surface area contributed by atoms with E-state index < -0.39 is 29.0 Å². The van der Waals surface area contributed by atoms with Gasteiger partial charge in [-0.25, -0.2) is 0 Å². The Labute approximate surface area is 211 Å². The van der Waals surface area contributed by atoms with Gasteiger partial charge in [-0.1, -0.05) is 0 Å². The number of halogens is 4. The number of rotatable bonds is 3. The van der Waals surface area contributed by atoms with Crippen molar-refractivity contribution >= 4 is 37.3 Å². The van der Waals surface area contributed by atoms with Crippen LogP contribution in [0.5, 0.6) is 0 Å². The predicted octanol–water partition coefficient (Wildman–Crippen LogP) is 8.28. The van der Waals surface area contributed by atoms with Crippen molar-refractivity contribution in [3.8, 4) is 0 Å². The van der Waals surface area contributed by atoms with Crippen LogP contribution in [0.25, 0.3) is 5.57 Å². The molecule has 2 aliphatic carbocycles. The molecule has 0 spiro atoms. The van der Waals surface area contributed by atoms with Crippen LogP contribution in [0.1, 0.15) is 54.9 Å². The van der Waals surface area contributed by atoms with Gasteiger partial charge in [-0.2, -0.15) is 0 Å². The Kier molecular flexibility index (Phi) is 8.05. The van der Waals surface area contributed by atoms with Gasteiger partial charge in [0.1, 0.15) is 0 Å². The monoisotopic (exact) mass is 584 g/mol. The van der Waals surface area contributed by atoms with E-state index >= 15 is 4.39 Å². The smallest absolute Gasteiger partial charge is 0.147 e. The number of benzene rings is 2. The number of hydrogen-bond donors (Lipinski definition) is 0. The molecule has 178 valence electrons. The summed E-state index contributed by atoms with van der Waals surface area (Å²) in [5, 5.41) is 0. The second-order valence-corrected chi connectivity index (χ2v) is 40.0. The van der Waals surface area contributed by atoms with E-state index in [1.807, 2.05) is 18.2 Å². The molecule has 2 aromatic rings. The van der Waals surface area contributed by atoms with Crippen molar-refractivity contribution in [1.82, 2.24) is 0 Å². The molecule has 0 nitrogen and oxygen atoms in total. The number of hydrogen-bond acceptors (Lipinski definition) is 0. The maximum Gasteiger partial charge on any atom is -0.147 e. The van der Waals surface area contributed by atoms with Gasteiger partial charge >= 0.3 is 188 Å². The van der Waals surface area contributed by atoms with Crippen LogP contribution in [0.15, 0.2) is 68.0 Å². The minimum atomic E-state index is -3.78. The minimum Gasteiger partial charge on any atom is -0.147 e. The maximum absolute atomic E-state index is 15.5. The predicted molar refractivity (Wildman–Crippen MR) is 142 cm³/mol. The molecule has 0 saturated heterocycles. The fourth-order valence-corrected chi connectivity index (χ4v) is 28.1. The van der Waals surface area contributed by atoms with Crippen LogP contribution in [-0.4, -0.2) is 6.88 Å². The van der Waals surface area contributed by atoms with E-state index in [4.69, 9.17) is 0 Å². The summed E-state index contributed by atoms with van der Waals surface area (Å²) in [5.41, 5.74) is 8.95. The van der Waals surface area contributed by atoms with Gasteiger partial charge in [0.2, 0.25) is 0 Å². The van der Waals surface area contributed by atoms with E-state index in [1.165, 1.54) is 22.3 Å². The van der Waals surface area contributed by atoms with E-state index in [2.05, 4.69) is 62.9 Å². The number of fused-ring (bicyclic) bond motifs is 1. The topological polar surface area (TPSA) is 0 Å². The van der Waals surface area contributed by atoms with E-state index in [9.17, 15) is 4.39 Å². The Hall–Kier alpha value is -0.800. The van der Waals surface area contributed by atoms with Gasteiger partial charge in [-0.3, -0.25) is 0 Å². The molecule has 0 heterocycles. The number of allylic oxidation sites excluding steroid dienone is 5. The van der Waals surface area contributed by atoms with Gasteiger partial charge in [0.05, 0.1) is 0 Å². The first kappa shape index (κ1) is 28.4. The Morgan fingerprint density at radius 2 is 1.42 bits per heavy atom. The summed E-state index contributed by atoms with van der Waals surface area (Å²) in [4.78, 5) is 0. The Morgan fingerprint density at radius 3 is 1.94 bits per heavy atom. The molecule has 2 atom stereocenters. The van der Waals surface area contributed by atoms with E-state index in [0.29, 0.717) is 5.92 Å². The molecule has 0 radical (unpaired) electrons. The summed E-state index contributed by atoms with van der Waals surface area (Å²) < 4.78 is 36.5. The van der Waals surface area contributed by atoms with Crippen molar-refractivity contribution in [2.24, 2.45) is 5.92 Å². The molecule has 0 N–H and O–H groups in total. The summed E-state index contributed by atoms with van der Waals surface area (Å²) in [5.74, 6) is -0.512. The van der Waals surface area contributed by atoms with Crippen LogP contribution in [0.2, 0.25) is 9.26 Å². The molecule has 6 heteroatoms. The normalized spacial score (nSPS) is 20.7. The standard InChI is InChI=1S/C16H11F2.C9H13.2CH3.2ClH.H2Si.Zr/c1-10-7-13-14(8-12(17)9-15(13)18)16(10)11-5-3-2-4-6-11;1-6-5-7(2)9(4)8(6)3;;;;;;/h2-9H,1H3;6H,1-4H3;2*1H3;2*1H;1H2;. The van der Waals surface area contributed by atoms with Gasteiger partial charge in [-0.15, -0.1) is 24.8 Å². The molecular formula is C27H34Cl2F2SiZr. The van der Waals surface area contributed by atoms with Crippen LogP contribution in [0.4, 0.5) is 8.78 Å². The third kappa shape index (κ3) is 4.24. The second kappa shape index (κ2) is 9.34. The summed E-state index contributed by atoms with van der Waals surface area (Å²) in [7, 11) is 0. The van der Waals surface area contributed by atoms with Gasteiger partial charge in [0.15, 0.2) is 0 Å². The zero-order chi connectivity index (χ0) is 22.9. The van der Waals surface area contributed by atoms with Crippen LogP contribution >= 0.6 is 24.8 Å². The SMILES string of the molecule is CC1=C(C)C(C)[C]([Zr]([CH3])([CH3])(=[SiH2])[CH]2C(C)=C(c3ccccc3)c3cc(F)cc(F)c32)=C1C.Cl.Cl. The van der Waals surface area contributed by atoms with Crippen LogP contribution in [-0.2, 0) is 17.4 Å². The Bertz CT molecular complexity index is 1280. The second-order valence-electron chi connectivity index (χ2n) is 10.6. The quantitative estimate of drug-likeness (QED) is 0.318. The molecule has 0 aromatic heterocycles. The molecule has 4 rings (SSSR count). The van der Waals surface area contributed by atoms with Crippen molar-refractivity contribution < 1.29 is 26.2 Å².